The molecular formula is C45H28O. The SMILES string of the molecule is C#Cc1ccc(C2=C(c3ccc(-c4ccccc4)cc3)C(=O)C(c3ccc(-c4ccccc4)cc3)=C2c2ccc(C#C)cc2)cc1. The van der Waals surface area contributed by atoms with Gasteiger partial charge in [-0.05, 0) is 68.8 Å². The van der Waals surface area contributed by atoms with Crippen LogP contribution in [0, 0.1) is 24.7 Å². The molecule has 0 N–H and O–H groups in total. The van der Waals surface area contributed by atoms with Crippen molar-refractivity contribution in [2.75, 3.05) is 0 Å². The monoisotopic (exact) mass is 584 g/mol. The van der Waals surface area contributed by atoms with Gasteiger partial charge in [0.05, 0.1) is 0 Å². The van der Waals surface area contributed by atoms with E-state index in [0.717, 1.165) is 66.8 Å². The van der Waals surface area contributed by atoms with Crippen LogP contribution in [-0.2, 0) is 4.79 Å². The average Bonchev–Trinajstić information content (AvgIpc) is 3.45. The molecule has 0 radical (unpaired) electrons. The van der Waals surface area contributed by atoms with Crippen LogP contribution in [0.4, 0.5) is 0 Å². The van der Waals surface area contributed by atoms with Crippen molar-refractivity contribution in [2.24, 2.45) is 0 Å². The van der Waals surface area contributed by atoms with E-state index in [4.69, 9.17) is 12.8 Å². The van der Waals surface area contributed by atoms with Crippen molar-refractivity contribution in [3.63, 3.8) is 0 Å². The highest BCUT2D eigenvalue weighted by Crippen LogP contribution is 2.50. The second kappa shape index (κ2) is 12.3. The lowest BCUT2D eigenvalue weighted by Gasteiger charge is -2.14. The summed E-state index contributed by atoms with van der Waals surface area (Å²) in [5, 5.41) is 0. The molecule has 0 saturated heterocycles. The summed E-state index contributed by atoms with van der Waals surface area (Å²) >= 11 is 0. The zero-order valence-corrected chi connectivity index (χ0v) is 25.1. The molecule has 46 heavy (non-hydrogen) atoms. The van der Waals surface area contributed by atoms with E-state index in [-0.39, 0.29) is 5.78 Å². The molecule has 0 aromatic heterocycles. The van der Waals surface area contributed by atoms with Gasteiger partial charge in [-0.2, -0.15) is 0 Å². The molecule has 0 atom stereocenters. The molecule has 1 nitrogen and oxygen atoms in total. The predicted molar refractivity (Wildman–Crippen MR) is 191 cm³/mol. The molecular weight excluding hydrogens is 556 g/mol. The van der Waals surface area contributed by atoms with Crippen molar-refractivity contribution >= 4 is 28.1 Å². The molecule has 1 aliphatic carbocycles. The lowest BCUT2D eigenvalue weighted by molar-refractivity contribution is -0.108. The Bertz CT molecular complexity index is 2040. The van der Waals surface area contributed by atoms with Crippen LogP contribution in [0.5, 0.6) is 0 Å². The fraction of sp³-hybridized carbons (Fsp3) is 0. The summed E-state index contributed by atoms with van der Waals surface area (Å²) in [4.78, 5) is 14.8. The first-order valence-corrected chi connectivity index (χ1v) is 15.1. The Morgan fingerprint density at radius 3 is 0.891 bits per heavy atom. The fourth-order valence-electron chi connectivity index (χ4n) is 6.12. The summed E-state index contributed by atoms with van der Waals surface area (Å²) in [7, 11) is 0. The molecule has 1 aliphatic rings. The quantitative estimate of drug-likeness (QED) is 0.178. The fourth-order valence-corrected chi connectivity index (χ4v) is 6.12. The van der Waals surface area contributed by atoms with Gasteiger partial charge in [0.2, 0.25) is 0 Å². The first-order valence-electron chi connectivity index (χ1n) is 15.1. The predicted octanol–water partition coefficient (Wildman–Crippen LogP) is 10.1. The molecule has 7 rings (SSSR count). The number of Topliss-reactive ketones (excluding diaryl/α,β-unsaturated/α-hetero) is 1. The summed E-state index contributed by atoms with van der Waals surface area (Å²) in [5.74, 6) is 5.41. The Hall–Kier alpha value is -6.41. The van der Waals surface area contributed by atoms with Crippen LogP contribution >= 0.6 is 0 Å². The van der Waals surface area contributed by atoms with Crippen molar-refractivity contribution in [1.29, 1.82) is 0 Å². The molecule has 6 aromatic carbocycles. The minimum absolute atomic E-state index is 0.0213. The van der Waals surface area contributed by atoms with E-state index in [0.29, 0.717) is 11.1 Å². The third-order valence-corrected chi connectivity index (χ3v) is 8.45. The summed E-state index contributed by atoms with van der Waals surface area (Å²) in [5.41, 5.74) is 12.6. The molecule has 6 aromatic rings. The van der Waals surface area contributed by atoms with Crippen LogP contribution < -0.4 is 0 Å². The zero-order valence-electron chi connectivity index (χ0n) is 25.1. The van der Waals surface area contributed by atoms with E-state index < -0.39 is 0 Å². The number of benzene rings is 6. The second-order valence-corrected chi connectivity index (χ2v) is 11.2. The van der Waals surface area contributed by atoms with Crippen molar-refractivity contribution in [3.8, 4) is 46.9 Å². The maximum Gasteiger partial charge on any atom is 0.195 e. The van der Waals surface area contributed by atoms with E-state index in [1.54, 1.807) is 0 Å². The average molecular weight is 585 g/mol. The van der Waals surface area contributed by atoms with Gasteiger partial charge in [0.15, 0.2) is 5.78 Å². The Labute approximate surface area is 270 Å². The Morgan fingerprint density at radius 1 is 0.304 bits per heavy atom. The highest BCUT2D eigenvalue weighted by molar-refractivity contribution is 6.59. The van der Waals surface area contributed by atoms with Crippen molar-refractivity contribution in [1.82, 2.24) is 0 Å². The number of hydrogen-bond donors (Lipinski definition) is 0. The van der Waals surface area contributed by atoms with Gasteiger partial charge in [-0.3, -0.25) is 4.79 Å². The number of rotatable bonds is 6. The number of carbonyl (C=O) groups excluding carboxylic acids is 1. The molecule has 1 heteroatoms. The van der Waals surface area contributed by atoms with Gasteiger partial charge in [-0.1, -0.05) is 145 Å². The topological polar surface area (TPSA) is 17.1 Å². The normalized spacial score (nSPS) is 12.6. The number of carbonyl (C=O) groups is 1. The van der Waals surface area contributed by atoms with E-state index in [2.05, 4.69) is 60.4 Å². The lowest BCUT2D eigenvalue weighted by Crippen LogP contribution is -2.02. The van der Waals surface area contributed by atoms with Gasteiger partial charge >= 0.3 is 0 Å². The Kier molecular flexibility index (Phi) is 7.58. The van der Waals surface area contributed by atoms with E-state index >= 15 is 0 Å². The van der Waals surface area contributed by atoms with Crippen LogP contribution in [0.3, 0.4) is 0 Å². The van der Waals surface area contributed by atoms with E-state index in [1.807, 2.05) is 109 Å². The number of terminal acetylenes is 2. The number of allylic oxidation sites excluding steroid dienone is 4. The zero-order chi connectivity index (χ0) is 31.5. The van der Waals surface area contributed by atoms with E-state index in [9.17, 15) is 4.79 Å². The standard InChI is InChI=1S/C45H28O/c1-3-31-15-19-37(20-16-31)41-42(38-21-17-32(4-2)18-22-38)44(40-29-25-36(26-30-40)34-13-9-6-10-14-34)45(46)43(41)39-27-23-35(24-28-39)33-11-7-5-8-12-33/h1-2,5-30H. The summed E-state index contributed by atoms with van der Waals surface area (Å²) in [6, 6.07) is 52.7. The molecule has 0 saturated carbocycles. The summed E-state index contributed by atoms with van der Waals surface area (Å²) < 4.78 is 0. The largest absolute Gasteiger partial charge is 0.289 e. The first kappa shape index (κ1) is 28.4. The van der Waals surface area contributed by atoms with Crippen LogP contribution in [0.2, 0.25) is 0 Å². The third-order valence-electron chi connectivity index (χ3n) is 8.45. The molecule has 0 unspecified atom stereocenters. The number of hydrogen-bond acceptors (Lipinski definition) is 1. The second-order valence-electron chi connectivity index (χ2n) is 11.2. The summed E-state index contributed by atoms with van der Waals surface area (Å²) in [6.45, 7) is 0. The molecule has 0 amide bonds. The Morgan fingerprint density at radius 2 is 0.565 bits per heavy atom. The van der Waals surface area contributed by atoms with Crippen LogP contribution in [-0.4, -0.2) is 5.78 Å². The van der Waals surface area contributed by atoms with Gasteiger partial charge in [0.25, 0.3) is 0 Å². The van der Waals surface area contributed by atoms with Gasteiger partial charge in [0.1, 0.15) is 0 Å². The van der Waals surface area contributed by atoms with Gasteiger partial charge in [-0.15, -0.1) is 12.8 Å². The maximum absolute atomic E-state index is 14.8. The molecule has 0 fully saturated rings. The van der Waals surface area contributed by atoms with Crippen molar-refractivity contribution < 1.29 is 4.79 Å². The van der Waals surface area contributed by atoms with Crippen LogP contribution in [0.15, 0.2) is 158 Å². The van der Waals surface area contributed by atoms with Crippen molar-refractivity contribution in [2.45, 2.75) is 0 Å². The smallest absolute Gasteiger partial charge is 0.195 e. The van der Waals surface area contributed by atoms with Crippen LogP contribution in [0.25, 0.3) is 44.5 Å². The van der Waals surface area contributed by atoms with Gasteiger partial charge in [-0.25, -0.2) is 0 Å². The molecule has 0 heterocycles. The molecule has 214 valence electrons. The first-order chi connectivity index (χ1) is 22.6. The van der Waals surface area contributed by atoms with Crippen molar-refractivity contribution in [3.05, 3.63) is 191 Å². The number of ketones is 1. The summed E-state index contributed by atoms with van der Waals surface area (Å²) in [6.07, 6.45) is 11.4. The minimum atomic E-state index is -0.0213. The Balaban J connectivity index is 1.45. The van der Waals surface area contributed by atoms with Gasteiger partial charge in [0, 0.05) is 33.4 Å². The maximum atomic E-state index is 14.8. The lowest BCUT2D eigenvalue weighted by atomic mass is 9.88. The van der Waals surface area contributed by atoms with Gasteiger partial charge < -0.3 is 0 Å². The highest BCUT2D eigenvalue weighted by Gasteiger charge is 2.35. The molecule has 0 bridgehead atoms. The highest BCUT2D eigenvalue weighted by atomic mass is 16.1. The minimum Gasteiger partial charge on any atom is -0.289 e. The third kappa shape index (κ3) is 5.28. The van der Waals surface area contributed by atoms with E-state index in [1.165, 1.54) is 0 Å². The molecule has 0 aliphatic heterocycles. The van der Waals surface area contributed by atoms with Crippen LogP contribution in [0.1, 0.15) is 33.4 Å². The molecule has 0 spiro atoms.